The number of hydrogen-bond acceptors (Lipinski definition) is 6. The van der Waals surface area contributed by atoms with Gasteiger partial charge in [0.05, 0.1) is 22.9 Å². The van der Waals surface area contributed by atoms with Crippen LogP contribution in [0.1, 0.15) is 0 Å². The third-order valence-corrected chi connectivity index (χ3v) is 4.21. The molecule has 0 aliphatic rings. The molecule has 7 nitrogen and oxygen atoms in total. The molecule has 0 spiro atoms. The van der Waals surface area contributed by atoms with Crippen molar-refractivity contribution in [3.8, 4) is 0 Å². The van der Waals surface area contributed by atoms with Gasteiger partial charge in [0.15, 0.2) is 0 Å². The average molecular weight is 353 g/mol. The maximum absolute atomic E-state index is 4.54. The molecule has 0 saturated heterocycles. The SMILES string of the molecule is c1cnc2ccc(Nc3ccnc(Nc4ccc5nc[nH]c5c4)n3)cc2c1. The minimum Gasteiger partial charge on any atom is -0.345 e. The smallest absolute Gasteiger partial charge is 0.229 e. The molecule has 0 amide bonds. The second-order valence-electron chi connectivity index (χ2n) is 6.06. The molecule has 0 fully saturated rings. The summed E-state index contributed by atoms with van der Waals surface area (Å²) in [5.74, 6) is 1.22. The fourth-order valence-electron chi connectivity index (χ4n) is 2.93. The standard InChI is InChI=1S/C20H15N7/c1-2-13-10-14(3-5-16(13)21-8-1)25-19-7-9-22-20(27-19)26-15-4-6-17-18(11-15)24-12-23-17/h1-12H,(H,23,24)(H2,22,25,26,27). The Morgan fingerprint density at radius 2 is 1.63 bits per heavy atom. The van der Waals surface area contributed by atoms with Crippen molar-refractivity contribution in [2.24, 2.45) is 0 Å². The highest BCUT2D eigenvalue weighted by Crippen LogP contribution is 2.22. The van der Waals surface area contributed by atoms with E-state index in [0.29, 0.717) is 11.8 Å². The zero-order chi connectivity index (χ0) is 18.1. The second-order valence-corrected chi connectivity index (χ2v) is 6.06. The van der Waals surface area contributed by atoms with Gasteiger partial charge in [0.25, 0.3) is 0 Å². The van der Waals surface area contributed by atoms with Crippen LogP contribution in [0, 0.1) is 0 Å². The molecular weight excluding hydrogens is 338 g/mol. The van der Waals surface area contributed by atoms with Crippen LogP contribution in [0.3, 0.4) is 0 Å². The molecule has 0 atom stereocenters. The van der Waals surface area contributed by atoms with Gasteiger partial charge in [-0.15, -0.1) is 0 Å². The van der Waals surface area contributed by atoms with E-state index >= 15 is 0 Å². The van der Waals surface area contributed by atoms with E-state index in [1.54, 1.807) is 18.7 Å². The predicted molar refractivity (Wildman–Crippen MR) is 106 cm³/mol. The lowest BCUT2D eigenvalue weighted by atomic mass is 10.2. The third-order valence-electron chi connectivity index (χ3n) is 4.21. The van der Waals surface area contributed by atoms with E-state index in [2.05, 4.69) is 35.6 Å². The van der Waals surface area contributed by atoms with Gasteiger partial charge in [-0.25, -0.2) is 9.97 Å². The monoisotopic (exact) mass is 353 g/mol. The molecule has 0 bridgehead atoms. The minimum atomic E-state index is 0.515. The molecule has 27 heavy (non-hydrogen) atoms. The van der Waals surface area contributed by atoms with Crippen LogP contribution in [0.25, 0.3) is 21.9 Å². The van der Waals surface area contributed by atoms with Crippen LogP contribution in [-0.2, 0) is 0 Å². The van der Waals surface area contributed by atoms with Crippen molar-refractivity contribution in [2.45, 2.75) is 0 Å². The first-order valence-electron chi connectivity index (χ1n) is 8.48. The fraction of sp³-hybridized carbons (Fsp3) is 0. The molecular formula is C20H15N7. The van der Waals surface area contributed by atoms with E-state index in [4.69, 9.17) is 0 Å². The quantitative estimate of drug-likeness (QED) is 0.444. The topological polar surface area (TPSA) is 91.4 Å². The van der Waals surface area contributed by atoms with Crippen molar-refractivity contribution in [3.05, 3.63) is 73.3 Å². The van der Waals surface area contributed by atoms with Gasteiger partial charge in [-0.05, 0) is 48.5 Å². The van der Waals surface area contributed by atoms with Crippen molar-refractivity contribution < 1.29 is 0 Å². The Hall–Kier alpha value is -4.00. The van der Waals surface area contributed by atoms with Crippen LogP contribution in [0.2, 0.25) is 0 Å². The molecule has 0 aliphatic carbocycles. The zero-order valence-corrected chi connectivity index (χ0v) is 14.2. The van der Waals surface area contributed by atoms with Gasteiger partial charge >= 0.3 is 0 Å². The number of anilines is 4. The number of fused-ring (bicyclic) bond motifs is 2. The summed E-state index contributed by atoms with van der Waals surface area (Å²) in [6, 6.07) is 17.7. The molecule has 7 heteroatoms. The number of rotatable bonds is 4. The Bertz CT molecular complexity index is 1250. The van der Waals surface area contributed by atoms with E-state index in [1.807, 2.05) is 54.6 Å². The van der Waals surface area contributed by atoms with Gasteiger partial charge in [0.2, 0.25) is 5.95 Å². The van der Waals surface area contributed by atoms with Gasteiger partial charge in [-0.2, -0.15) is 4.98 Å². The van der Waals surface area contributed by atoms with Crippen LogP contribution in [0.4, 0.5) is 23.1 Å². The van der Waals surface area contributed by atoms with Crippen molar-refractivity contribution in [2.75, 3.05) is 10.6 Å². The lowest BCUT2D eigenvalue weighted by Gasteiger charge is -2.09. The zero-order valence-electron chi connectivity index (χ0n) is 14.2. The van der Waals surface area contributed by atoms with Gasteiger partial charge in [0, 0.05) is 29.2 Å². The highest BCUT2D eigenvalue weighted by Gasteiger charge is 2.04. The van der Waals surface area contributed by atoms with Crippen molar-refractivity contribution in [1.29, 1.82) is 0 Å². The first-order chi connectivity index (χ1) is 13.3. The van der Waals surface area contributed by atoms with E-state index in [1.165, 1.54) is 0 Å². The molecule has 2 aromatic carbocycles. The van der Waals surface area contributed by atoms with Crippen LogP contribution < -0.4 is 10.6 Å². The molecule has 0 saturated carbocycles. The predicted octanol–water partition coefficient (Wildman–Crippen LogP) is 4.39. The summed E-state index contributed by atoms with van der Waals surface area (Å²) in [5.41, 5.74) is 4.67. The van der Waals surface area contributed by atoms with Crippen LogP contribution in [-0.4, -0.2) is 24.9 Å². The van der Waals surface area contributed by atoms with E-state index < -0.39 is 0 Å². The molecule has 3 heterocycles. The number of aromatic nitrogens is 5. The third kappa shape index (κ3) is 3.13. The van der Waals surface area contributed by atoms with Crippen LogP contribution in [0.15, 0.2) is 73.3 Å². The van der Waals surface area contributed by atoms with Crippen LogP contribution in [0.5, 0.6) is 0 Å². The number of H-pyrrole nitrogens is 1. The Balaban J connectivity index is 1.39. The normalized spacial score (nSPS) is 11.0. The summed E-state index contributed by atoms with van der Waals surface area (Å²) in [6.45, 7) is 0. The Labute approximate surface area is 154 Å². The van der Waals surface area contributed by atoms with Crippen molar-refractivity contribution in [3.63, 3.8) is 0 Å². The molecule has 3 aromatic heterocycles. The molecule has 3 N–H and O–H groups in total. The van der Waals surface area contributed by atoms with Gasteiger partial charge < -0.3 is 15.6 Å². The highest BCUT2D eigenvalue weighted by molar-refractivity contribution is 5.83. The highest BCUT2D eigenvalue weighted by atomic mass is 15.1. The minimum absolute atomic E-state index is 0.515. The Kier molecular flexibility index (Phi) is 3.61. The van der Waals surface area contributed by atoms with E-state index in [0.717, 1.165) is 33.3 Å². The van der Waals surface area contributed by atoms with E-state index in [-0.39, 0.29) is 0 Å². The molecule has 5 rings (SSSR count). The van der Waals surface area contributed by atoms with Crippen LogP contribution >= 0.6 is 0 Å². The summed E-state index contributed by atoms with van der Waals surface area (Å²) < 4.78 is 0. The first kappa shape index (κ1) is 15.3. The van der Waals surface area contributed by atoms with Gasteiger partial charge in [-0.3, -0.25) is 4.98 Å². The number of nitrogens with zero attached hydrogens (tertiary/aromatic N) is 4. The molecule has 0 unspecified atom stereocenters. The fourth-order valence-corrected chi connectivity index (χ4v) is 2.93. The summed E-state index contributed by atoms with van der Waals surface area (Å²) in [6.07, 6.45) is 5.18. The molecule has 130 valence electrons. The number of pyridine rings is 1. The summed E-state index contributed by atoms with van der Waals surface area (Å²) >= 11 is 0. The molecule has 0 aliphatic heterocycles. The summed E-state index contributed by atoms with van der Waals surface area (Å²) in [7, 11) is 0. The largest absolute Gasteiger partial charge is 0.345 e. The number of benzene rings is 2. The Morgan fingerprint density at radius 1 is 0.741 bits per heavy atom. The lowest BCUT2D eigenvalue weighted by Crippen LogP contribution is -2.00. The molecule has 5 aromatic rings. The summed E-state index contributed by atoms with van der Waals surface area (Å²) in [4.78, 5) is 20.5. The molecule has 0 radical (unpaired) electrons. The maximum atomic E-state index is 4.54. The second kappa shape index (κ2) is 6.38. The first-order valence-corrected chi connectivity index (χ1v) is 8.48. The number of nitrogens with one attached hydrogen (secondary N) is 3. The Morgan fingerprint density at radius 3 is 2.59 bits per heavy atom. The van der Waals surface area contributed by atoms with Crippen molar-refractivity contribution >= 4 is 45.1 Å². The number of hydrogen-bond donors (Lipinski definition) is 3. The maximum Gasteiger partial charge on any atom is 0.229 e. The van der Waals surface area contributed by atoms with E-state index in [9.17, 15) is 0 Å². The lowest BCUT2D eigenvalue weighted by molar-refractivity contribution is 1.17. The number of imidazole rings is 1. The van der Waals surface area contributed by atoms with Gasteiger partial charge in [0.1, 0.15) is 5.82 Å². The van der Waals surface area contributed by atoms with Crippen molar-refractivity contribution in [1.82, 2.24) is 24.9 Å². The number of aromatic amines is 1. The van der Waals surface area contributed by atoms with Gasteiger partial charge in [-0.1, -0.05) is 6.07 Å². The summed E-state index contributed by atoms with van der Waals surface area (Å²) in [5, 5.41) is 7.61. The average Bonchev–Trinajstić information content (AvgIpc) is 3.16.